The molecule has 2 heterocycles. The van der Waals surface area contributed by atoms with Gasteiger partial charge in [-0.25, -0.2) is 9.97 Å². The molecule has 2 aromatic rings. The molecule has 2 aromatic heterocycles. The van der Waals surface area contributed by atoms with Crippen molar-refractivity contribution in [3.63, 3.8) is 0 Å². The van der Waals surface area contributed by atoms with E-state index in [4.69, 9.17) is 18.0 Å². The molecule has 0 radical (unpaired) electrons. The van der Waals surface area contributed by atoms with Crippen molar-refractivity contribution in [2.75, 3.05) is 5.32 Å². The number of nitrogens with two attached hydrogens (primary N) is 1. The highest BCUT2D eigenvalue weighted by Gasteiger charge is 2.08. The van der Waals surface area contributed by atoms with Crippen LogP contribution in [-0.4, -0.2) is 24.7 Å². The molecule has 16 heavy (non-hydrogen) atoms. The SMILES string of the molecule is Cn1cc(Nc2nccnc2C(N)=S)cn1. The maximum absolute atomic E-state index is 5.54. The fourth-order valence-electron chi connectivity index (χ4n) is 1.23. The minimum atomic E-state index is 0.208. The Bertz CT molecular complexity index is 520. The quantitative estimate of drug-likeness (QED) is 0.756. The predicted molar refractivity (Wildman–Crippen MR) is 64.4 cm³/mol. The molecule has 0 fully saturated rings. The smallest absolute Gasteiger partial charge is 0.159 e. The Morgan fingerprint density at radius 1 is 1.44 bits per heavy atom. The molecule has 0 aliphatic carbocycles. The second-order valence-electron chi connectivity index (χ2n) is 3.15. The Kier molecular flexibility index (Phi) is 2.78. The van der Waals surface area contributed by atoms with E-state index in [1.54, 1.807) is 23.3 Å². The first-order valence-corrected chi connectivity index (χ1v) is 4.94. The largest absolute Gasteiger partial charge is 0.388 e. The minimum absolute atomic E-state index is 0.208. The summed E-state index contributed by atoms with van der Waals surface area (Å²) in [6, 6.07) is 0. The Morgan fingerprint density at radius 3 is 2.81 bits per heavy atom. The summed E-state index contributed by atoms with van der Waals surface area (Å²) >= 11 is 4.89. The van der Waals surface area contributed by atoms with Gasteiger partial charge in [0.1, 0.15) is 10.7 Å². The van der Waals surface area contributed by atoms with Crippen molar-refractivity contribution in [3.8, 4) is 0 Å². The lowest BCUT2D eigenvalue weighted by molar-refractivity contribution is 0.768. The van der Waals surface area contributed by atoms with E-state index in [1.165, 1.54) is 0 Å². The van der Waals surface area contributed by atoms with Crippen molar-refractivity contribution in [1.82, 2.24) is 19.7 Å². The molecule has 6 nitrogen and oxygen atoms in total. The Labute approximate surface area is 97.5 Å². The lowest BCUT2D eigenvalue weighted by Gasteiger charge is -2.06. The summed E-state index contributed by atoms with van der Waals surface area (Å²) in [6.07, 6.45) is 6.61. The first-order chi connectivity index (χ1) is 7.66. The number of nitrogens with zero attached hydrogens (tertiary/aromatic N) is 4. The third-order valence-electron chi connectivity index (χ3n) is 1.90. The average Bonchev–Trinajstić information content (AvgIpc) is 2.64. The number of rotatable bonds is 3. The van der Waals surface area contributed by atoms with Crippen LogP contribution in [0.1, 0.15) is 5.69 Å². The van der Waals surface area contributed by atoms with Gasteiger partial charge in [0.05, 0.1) is 11.9 Å². The molecule has 3 N–H and O–H groups in total. The Balaban J connectivity index is 2.31. The second-order valence-corrected chi connectivity index (χ2v) is 3.59. The number of anilines is 2. The van der Waals surface area contributed by atoms with Crippen LogP contribution in [0.2, 0.25) is 0 Å². The predicted octanol–water partition coefficient (Wildman–Crippen LogP) is 0.588. The van der Waals surface area contributed by atoms with E-state index < -0.39 is 0 Å². The zero-order valence-corrected chi connectivity index (χ0v) is 9.40. The fraction of sp³-hybridized carbons (Fsp3) is 0.111. The summed E-state index contributed by atoms with van der Waals surface area (Å²) in [5.74, 6) is 0.531. The Morgan fingerprint density at radius 2 is 2.19 bits per heavy atom. The van der Waals surface area contributed by atoms with Gasteiger partial charge >= 0.3 is 0 Å². The van der Waals surface area contributed by atoms with Gasteiger partial charge in [0.15, 0.2) is 5.82 Å². The summed E-state index contributed by atoms with van der Waals surface area (Å²) in [7, 11) is 1.83. The summed E-state index contributed by atoms with van der Waals surface area (Å²) in [5.41, 5.74) is 6.82. The summed E-state index contributed by atoms with van der Waals surface area (Å²) in [4.78, 5) is 8.40. The van der Waals surface area contributed by atoms with Crippen LogP contribution >= 0.6 is 12.2 Å². The van der Waals surface area contributed by atoms with Gasteiger partial charge in [0, 0.05) is 25.6 Å². The number of aromatic nitrogens is 4. The van der Waals surface area contributed by atoms with Crippen molar-refractivity contribution in [2.45, 2.75) is 0 Å². The van der Waals surface area contributed by atoms with Crippen LogP contribution in [-0.2, 0) is 7.05 Å². The van der Waals surface area contributed by atoms with Gasteiger partial charge in [-0.3, -0.25) is 4.68 Å². The van der Waals surface area contributed by atoms with Crippen molar-refractivity contribution >= 4 is 28.7 Å². The van der Waals surface area contributed by atoms with E-state index >= 15 is 0 Å². The number of hydrogen-bond donors (Lipinski definition) is 2. The molecule has 0 aliphatic heterocycles. The lowest BCUT2D eigenvalue weighted by atomic mass is 10.4. The highest BCUT2D eigenvalue weighted by molar-refractivity contribution is 7.80. The van der Waals surface area contributed by atoms with Crippen LogP contribution in [0.4, 0.5) is 11.5 Å². The number of hydrogen-bond acceptors (Lipinski definition) is 5. The van der Waals surface area contributed by atoms with Crippen LogP contribution in [0.5, 0.6) is 0 Å². The topological polar surface area (TPSA) is 81.7 Å². The van der Waals surface area contributed by atoms with E-state index in [0.29, 0.717) is 11.5 Å². The van der Waals surface area contributed by atoms with Gasteiger partial charge in [0.2, 0.25) is 0 Å². The van der Waals surface area contributed by atoms with E-state index in [0.717, 1.165) is 5.69 Å². The van der Waals surface area contributed by atoms with E-state index in [1.807, 2.05) is 13.2 Å². The number of nitrogens with one attached hydrogen (secondary N) is 1. The van der Waals surface area contributed by atoms with E-state index in [-0.39, 0.29) is 4.99 Å². The molecule has 0 unspecified atom stereocenters. The summed E-state index contributed by atoms with van der Waals surface area (Å²) in [5, 5.41) is 7.08. The van der Waals surface area contributed by atoms with Crippen LogP contribution in [0.25, 0.3) is 0 Å². The normalized spacial score (nSPS) is 10.1. The standard InChI is InChI=1S/C9H10N6S/c1-15-5-6(4-13-15)14-9-7(8(10)16)11-2-3-12-9/h2-5H,1H3,(H2,10,16)(H,12,14). The molecule has 0 amide bonds. The Hall–Kier alpha value is -2.02. The highest BCUT2D eigenvalue weighted by Crippen LogP contribution is 2.15. The molecule has 0 spiro atoms. The van der Waals surface area contributed by atoms with Crippen molar-refractivity contribution in [2.24, 2.45) is 12.8 Å². The summed E-state index contributed by atoms with van der Waals surface area (Å²) in [6.45, 7) is 0. The van der Waals surface area contributed by atoms with Gasteiger partial charge < -0.3 is 11.1 Å². The highest BCUT2D eigenvalue weighted by atomic mass is 32.1. The van der Waals surface area contributed by atoms with Gasteiger partial charge in [0.25, 0.3) is 0 Å². The molecule has 0 saturated heterocycles. The first kappa shape index (κ1) is 10.5. The fourth-order valence-corrected chi connectivity index (χ4v) is 1.38. The van der Waals surface area contributed by atoms with E-state index in [9.17, 15) is 0 Å². The van der Waals surface area contributed by atoms with Crippen LogP contribution in [0.15, 0.2) is 24.8 Å². The van der Waals surface area contributed by atoms with Gasteiger partial charge in [-0.1, -0.05) is 12.2 Å². The van der Waals surface area contributed by atoms with Crippen molar-refractivity contribution in [1.29, 1.82) is 0 Å². The third-order valence-corrected chi connectivity index (χ3v) is 2.09. The monoisotopic (exact) mass is 234 g/mol. The number of aryl methyl sites for hydroxylation is 1. The molecular formula is C9H10N6S. The van der Waals surface area contributed by atoms with Crippen LogP contribution < -0.4 is 11.1 Å². The zero-order valence-electron chi connectivity index (χ0n) is 8.58. The lowest BCUT2D eigenvalue weighted by Crippen LogP contribution is -2.14. The number of thiocarbonyl (C=S) groups is 1. The molecule has 0 aromatic carbocycles. The third kappa shape index (κ3) is 2.14. The minimum Gasteiger partial charge on any atom is -0.388 e. The molecule has 82 valence electrons. The van der Waals surface area contributed by atoms with E-state index in [2.05, 4.69) is 20.4 Å². The molecule has 2 rings (SSSR count). The maximum atomic E-state index is 5.54. The van der Waals surface area contributed by atoms with Crippen molar-refractivity contribution in [3.05, 3.63) is 30.5 Å². The van der Waals surface area contributed by atoms with Gasteiger partial charge in [-0.2, -0.15) is 5.10 Å². The molecule has 0 atom stereocenters. The molecule has 7 heteroatoms. The van der Waals surface area contributed by atoms with Crippen LogP contribution in [0, 0.1) is 0 Å². The second kappa shape index (κ2) is 4.23. The van der Waals surface area contributed by atoms with Gasteiger partial charge in [-0.05, 0) is 0 Å². The average molecular weight is 234 g/mol. The van der Waals surface area contributed by atoms with Crippen LogP contribution in [0.3, 0.4) is 0 Å². The maximum Gasteiger partial charge on any atom is 0.159 e. The van der Waals surface area contributed by atoms with Crippen molar-refractivity contribution < 1.29 is 0 Å². The molecule has 0 saturated carbocycles. The zero-order chi connectivity index (χ0) is 11.5. The first-order valence-electron chi connectivity index (χ1n) is 4.53. The molecule has 0 aliphatic rings. The molecular weight excluding hydrogens is 224 g/mol. The van der Waals surface area contributed by atoms with Gasteiger partial charge in [-0.15, -0.1) is 0 Å². The molecule has 0 bridgehead atoms. The summed E-state index contributed by atoms with van der Waals surface area (Å²) < 4.78 is 1.68.